The van der Waals surface area contributed by atoms with Gasteiger partial charge in [-0.2, -0.15) is 0 Å². The van der Waals surface area contributed by atoms with Crippen LogP contribution in [0.3, 0.4) is 0 Å². The fraction of sp³-hybridized carbons (Fsp3) is 0.368. The first-order chi connectivity index (χ1) is 9.61. The molecule has 20 heavy (non-hydrogen) atoms. The van der Waals surface area contributed by atoms with Crippen LogP contribution in [0.2, 0.25) is 0 Å². The Morgan fingerprint density at radius 2 is 1.85 bits per heavy atom. The van der Waals surface area contributed by atoms with Gasteiger partial charge in [-0.15, -0.1) is 0 Å². The van der Waals surface area contributed by atoms with E-state index in [0.29, 0.717) is 5.92 Å². The van der Waals surface area contributed by atoms with Crippen LogP contribution in [-0.4, -0.2) is 6.61 Å². The Hall–Kier alpha value is -1.76. The summed E-state index contributed by atoms with van der Waals surface area (Å²) >= 11 is 0. The van der Waals surface area contributed by atoms with Gasteiger partial charge in [-0.05, 0) is 42.5 Å². The zero-order chi connectivity index (χ0) is 14.5. The van der Waals surface area contributed by atoms with Gasteiger partial charge in [-0.1, -0.05) is 56.7 Å². The molecule has 0 aliphatic carbocycles. The normalized spacial score (nSPS) is 10.8. The predicted molar refractivity (Wildman–Crippen MR) is 86.5 cm³/mol. The van der Waals surface area contributed by atoms with Crippen LogP contribution >= 0.6 is 0 Å². The van der Waals surface area contributed by atoms with E-state index in [0.717, 1.165) is 18.8 Å². The third-order valence-corrected chi connectivity index (χ3v) is 3.46. The smallest absolute Gasteiger partial charge is 0.127 e. The summed E-state index contributed by atoms with van der Waals surface area (Å²) in [4.78, 5) is 0. The minimum absolute atomic E-state index is 0.527. The Bertz CT molecular complexity index is 570. The van der Waals surface area contributed by atoms with E-state index in [4.69, 9.17) is 4.74 Å². The van der Waals surface area contributed by atoms with E-state index in [-0.39, 0.29) is 0 Å². The van der Waals surface area contributed by atoms with Crippen molar-refractivity contribution in [1.29, 1.82) is 0 Å². The summed E-state index contributed by atoms with van der Waals surface area (Å²) in [5.74, 6) is 1.51. The Morgan fingerprint density at radius 3 is 2.50 bits per heavy atom. The molecule has 0 saturated carbocycles. The molecule has 0 radical (unpaired) electrons. The molecule has 2 aromatic carbocycles. The second-order valence-electron chi connectivity index (χ2n) is 5.63. The number of rotatable bonds is 5. The SMILES string of the molecule is CCCOc1ccc(C(C)C)cc1-c1cccc(C)c1. The van der Waals surface area contributed by atoms with Gasteiger partial charge in [0, 0.05) is 5.56 Å². The van der Waals surface area contributed by atoms with Gasteiger partial charge in [0.25, 0.3) is 0 Å². The summed E-state index contributed by atoms with van der Waals surface area (Å²) in [5.41, 5.74) is 5.07. The van der Waals surface area contributed by atoms with Crippen molar-refractivity contribution < 1.29 is 4.74 Å². The molecule has 0 N–H and O–H groups in total. The monoisotopic (exact) mass is 268 g/mol. The van der Waals surface area contributed by atoms with Crippen LogP contribution in [0.4, 0.5) is 0 Å². The van der Waals surface area contributed by atoms with Crippen molar-refractivity contribution >= 4 is 0 Å². The van der Waals surface area contributed by atoms with Crippen molar-refractivity contribution in [2.75, 3.05) is 6.61 Å². The molecule has 0 aromatic heterocycles. The van der Waals surface area contributed by atoms with Crippen LogP contribution in [0.15, 0.2) is 42.5 Å². The fourth-order valence-corrected chi connectivity index (χ4v) is 2.28. The first-order valence-electron chi connectivity index (χ1n) is 7.45. The largest absolute Gasteiger partial charge is 0.493 e. The van der Waals surface area contributed by atoms with E-state index in [1.165, 1.54) is 22.3 Å². The summed E-state index contributed by atoms with van der Waals surface area (Å²) in [5, 5.41) is 0. The average molecular weight is 268 g/mol. The van der Waals surface area contributed by atoms with Crippen LogP contribution < -0.4 is 4.74 Å². The highest BCUT2D eigenvalue weighted by Gasteiger charge is 2.09. The van der Waals surface area contributed by atoms with E-state index < -0.39 is 0 Å². The Morgan fingerprint density at radius 1 is 1.05 bits per heavy atom. The molecule has 1 heteroatoms. The maximum Gasteiger partial charge on any atom is 0.127 e. The molecule has 0 spiro atoms. The van der Waals surface area contributed by atoms with Gasteiger partial charge in [-0.3, -0.25) is 0 Å². The molecule has 2 rings (SSSR count). The number of ether oxygens (including phenoxy) is 1. The van der Waals surface area contributed by atoms with Gasteiger partial charge in [-0.25, -0.2) is 0 Å². The topological polar surface area (TPSA) is 9.23 Å². The van der Waals surface area contributed by atoms with Crippen LogP contribution in [0, 0.1) is 6.92 Å². The van der Waals surface area contributed by atoms with Gasteiger partial charge in [0.05, 0.1) is 6.61 Å². The van der Waals surface area contributed by atoms with Gasteiger partial charge in [0.2, 0.25) is 0 Å². The van der Waals surface area contributed by atoms with Crippen molar-refractivity contribution in [1.82, 2.24) is 0 Å². The summed E-state index contributed by atoms with van der Waals surface area (Å²) in [6, 6.07) is 15.2. The van der Waals surface area contributed by atoms with Gasteiger partial charge >= 0.3 is 0 Å². The van der Waals surface area contributed by atoms with Gasteiger partial charge < -0.3 is 4.74 Å². The molecule has 0 bridgehead atoms. The number of hydrogen-bond donors (Lipinski definition) is 0. The Kier molecular flexibility index (Phi) is 4.84. The van der Waals surface area contributed by atoms with Crippen LogP contribution in [0.25, 0.3) is 11.1 Å². The first kappa shape index (κ1) is 14.6. The number of hydrogen-bond acceptors (Lipinski definition) is 1. The van der Waals surface area contributed by atoms with Crippen LogP contribution in [-0.2, 0) is 0 Å². The van der Waals surface area contributed by atoms with E-state index >= 15 is 0 Å². The second-order valence-corrected chi connectivity index (χ2v) is 5.63. The fourth-order valence-electron chi connectivity index (χ4n) is 2.28. The summed E-state index contributed by atoms with van der Waals surface area (Å²) in [6.07, 6.45) is 1.03. The van der Waals surface area contributed by atoms with E-state index in [1.807, 2.05) is 0 Å². The van der Waals surface area contributed by atoms with E-state index in [9.17, 15) is 0 Å². The molecule has 0 amide bonds. The number of aryl methyl sites for hydroxylation is 1. The zero-order valence-corrected chi connectivity index (χ0v) is 12.9. The minimum Gasteiger partial charge on any atom is -0.493 e. The third kappa shape index (κ3) is 3.41. The lowest BCUT2D eigenvalue weighted by atomic mass is 9.96. The lowest BCUT2D eigenvalue weighted by Crippen LogP contribution is -1.98. The van der Waals surface area contributed by atoms with E-state index in [2.05, 4.69) is 70.2 Å². The van der Waals surface area contributed by atoms with E-state index in [1.54, 1.807) is 0 Å². The molecule has 0 unspecified atom stereocenters. The maximum atomic E-state index is 5.92. The summed E-state index contributed by atoms with van der Waals surface area (Å²) in [7, 11) is 0. The molecule has 0 aliphatic rings. The van der Waals surface area contributed by atoms with Crippen molar-refractivity contribution in [3.8, 4) is 16.9 Å². The van der Waals surface area contributed by atoms with Crippen LogP contribution in [0.5, 0.6) is 5.75 Å². The maximum absolute atomic E-state index is 5.92. The minimum atomic E-state index is 0.527. The highest BCUT2D eigenvalue weighted by atomic mass is 16.5. The quantitative estimate of drug-likeness (QED) is 0.688. The molecule has 2 aromatic rings. The molecule has 1 nitrogen and oxygen atoms in total. The predicted octanol–water partition coefficient (Wildman–Crippen LogP) is 5.57. The molecule has 106 valence electrons. The molecule has 0 saturated heterocycles. The van der Waals surface area contributed by atoms with Crippen molar-refractivity contribution in [3.05, 3.63) is 53.6 Å². The van der Waals surface area contributed by atoms with Crippen molar-refractivity contribution in [2.45, 2.75) is 40.0 Å². The lowest BCUT2D eigenvalue weighted by molar-refractivity contribution is 0.318. The second kappa shape index (κ2) is 6.60. The van der Waals surface area contributed by atoms with Crippen LogP contribution in [0.1, 0.15) is 44.2 Å². The highest BCUT2D eigenvalue weighted by Crippen LogP contribution is 2.33. The van der Waals surface area contributed by atoms with Crippen molar-refractivity contribution in [2.24, 2.45) is 0 Å². The standard InChI is InChI=1S/C19H24O/c1-5-11-20-19-10-9-16(14(2)3)13-18(19)17-8-6-7-15(4)12-17/h6-10,12-14H,5,11H2,1-4H3. The Labute approximate surface area is 122 Å². The molecular weight excluding hydrogens is 244 g/mol. The lowest BCUT2D eigenvalue weighted by Gasteiger charge is -2.15. The zero-order valence-electron chi connectivity index (χ0n) is 12.9. The first-order valence-corrected chi connectivity index (χ1v) is 7.45. The molecule has 0 fully saturated rings. The van der Waals surface area contributed by atoms with Gasteiger partial charge in [0.15, 0.2) is 0 Å². The summed E-state index contributed by atoms with van der Waals surface area (Å²) < 4.78 is 5.92. The molecule has 0 atom stereocenters. The molecular formula is C19H24O. The molecule has 0 aliphatic heterocycles. The number of benzene rings is 2. The van der Waals surface area contributed by atoms with Gasteiger partial charge in [0.1, 0.15) is 5.75 Å². The highest BCUT2D eigenvalue weighted by molar-refractivity contribution is 5.72. The summed E-state index contributed by atoms with van der Waals surface area (Å²) in [6.45, 7) is 9.47. The van der Waals surface area contributed by atoms with Crippen molar-refractivity contribution in [3.63, 3.8) is 0 Å². The Balaban J connectivity index is 2.48. The third-order valence-electron chi connectivity index (χ3n) is 3.46. The molecule has 0 heterocycles. The average Bonchev–Trinajstić information content (AvgIpc) is 2.44.